The lowest BCUT2D eigenvalue weighted by atomic mass is 10.3. The molecular formula is C12H15NOS. The highest BCUT2D eigenvalue weighted by Gasteiger charge is 1.99. The second kappa shape index (κ2) is 5.14. The zero-order valence-electron chi connectivity index (χ0n) is 8.82. The van der Waals surface area contributed by atoms with Crippen LogP contribution in [0.1, 0.15) is 23.3 Å². The minimum atomic E-state index is 0.803. The lowest BCUT2D eigenvalue weighted by Gasteiger charge is -1.99. The fraction of sp³-hybridized carbons (Fsp3) is 0.333. The highest BCUT2D eigenvalue weighted by molar-refractivity contribution is 7.09. The maximum atomic E-state index is 5.59. The van der Waals surface area contributed by atoms with E-state index >= 15 is 0 Å². The van der Waals surface area contributed by atoms with Crippen molar-refractivity contribution in [3.63, 3.8) is 0 Å². The molecule has 2 rings (SSSR count). The van der Waals surface area contributed by atoms with E-state index in [0.29, 0.717) is 0 Å². The molecule has 80 valence electrons. The quantitative estimate of drug-likeness (QED) is 0.838. The zero-order valence-corrected chi connectivity index (χ0v) is 9.64. The van der Waals surface area contributed by atoms with E-state index in [9.17, 15) is 0 Å². The lowest BCUT2D eigenvalue weighted by molar-refractivity contribution is 0.451. The van der Waals surface area contributed by atoms with Gasteiger partial charge in [-0.3, -0.25) is 0 Å². The largest absolute Gasteiger partial charge is 0.465 e. The van der Waals surface area contributed by atoms with E-state index in [0.717, 1.165) is 31.0 Å². The van der Waals surface area contributed by atoms with Crippen LogP contribution in [0.2, 0.25) is 0 Å². The van der Waals surface area contributed by atoms with Gasteiger partial charge in [-0.25, -0.2) is 0 Å². The molecular weight excluding hydrogens is 206 g/mol. The van der Waals surface area contributed by atoms with Crippen molar-refractivity contribution in [1.29, 1.82) is 0 Å². The van der Waals surface area contributed by atoms with Crippen molar-refractivity contribution in [3.8, 4) is 0 Å². The summed E-state index contributed by atoms with van der Waals surface area (Å²) in [6.45, 7) is 3.82. The molecule has 2 aromatic heterocycles. The monoisotopic (exact) mass is 221 g/mol. The standard InChI is InChI=1S/C12H15NOS/c1-2-10-5-6-11(14-10)8-13-9-12-4-3-7-15-12/h3-7,13H,2,8-9H2,1H3. The molecule has 15 heavy (non-hydrogen) atoms. The summed E-state index contributed by atoms with van der Waals surface area (Å²) in [6.07, 6.45) is 0.963. The van der Waals surface area contributed by atoms with Gasteiger partial charge in [0, 0.05) is 17.8 Å². The molecule has 0 unspecified atom stereocenters. The van der Waals surface area contributed by atoms with E-state index in [-0.39, 0.29) is 0 Å². The third kappa shape index (κ3) is 2.94. The van der Waals surface area contributed by atoms with Crippen LogP contribution in [0.5, 0.6) is 0 Å². The van der Waals surface area contributed by atoms with Crippen LogP contribution >= 0.6 is 11.3 Å². The second-order valence-corrected chi connectivity index (χ2v) is 4.44. The van der Waals surface area contributed by atoms with Gasteiger partial charge < -0.3 is 9.73 Å². The summed E-state index contributed by atoms with van der Waals surface area (Å²) in [5, 5.41) is 5.45. The highest BCUT2D eigenvalue weighted by Crippen LogP contribution is 2.10. The van der Waals surface area contributed by atoms with Crippen molar-refractivity contribution >= 4 is 11.3 Å². The SMILES string of the molecule is CCc1ccc(CNCc2cccs2)o1. The predicted octanol–water partition coefficient (Wildman–Crippen LogP) is 3.19. The van der Waals surface area contributed by atoms with Crippen molar-refractivity contribution in [2.75, 3.05) is 0 Å². The fourth-order valence-electron chi connectivity index (χ4n) is 1.43. The summed E-state index contributed by atoms with van der Waals surface area (Å²) in [5.74, 6) is 2.08. The van der Waals surface area contributed by atoms with Crippen molar-refractivity contribution in [1.82, 2.24) is 5.32 Å². The summed E-state index contributed by atoms with van der Waals surface area (Å²) in [6, 6.07) is 8.30. The number of rotatable bonds is 5. The van der Waals surface area contributed by atoms with Crippen LogP contribution in [0, 0.1) is 0 Å². The summed E-state index contributed by atoms with van der Waals surface area (Å²) in [4.78, 5) is 1.36. The second-order valence-electron chi connectivity index (χ2n) is 3.40. The van der Waals surface area contributed by atoms with Crippen molar-refractivity contribution in [2.24, 2.45) is 0 Å². The molecule has 0 saturated heterocycles. The lowest BCUT2D eigenvalue weighted by Crippen LogP contribution is -2.10. The molecule has 0 aliphatic heterocycles. The Hall–Kier alpha value is -1.06. The highest BCUT2D eigenvalue weighted by atomic mass is 32.1. The number of aryl methyl sites for hydroxylation is 1. The van der Waals surface area contributed by atoms with Gasteiger partial charge >= 0.3 is 0 Å². The molecule has 1 N–H and O–H groups in total. The molecule has 0 amide bonds. The van der Waals surface area contributed by atoms with E-state index in [1.165, 1.54) is 4.88 Å². The van der Waals surface area contributed by atoms with Crippen LogP contribution in [0.3, 0.4) is 0 Å². The molecule has 0 spiro atoms. The minimum Gasteiger partial charge on any atom is -0.465 e. The normalized spacial score (nSPS) is 10.7. The van der Waals surface area contributed by atoms with Gasteiger partial charge in [0.25, 0.3) is 0 Å². The first-order chi connectivity index (χ1) is 7.38. The summed E-state index contributed by atoms with van der Waals surface area (Å²) in [7, 11) is 0. The number of thiophene rings is 1. The molecule has 0 aliphatic carbocycles. The van der Waals surface area contributed by atoms with Gasteiger partial charge in [-0.15, -0.1) is 11.3 Å². The number of nitrogens with one attached hydrogen (secondary N) is 1. The summed E-state index contributed by atoms with van der Waals surface area (Å²) in [5.41, 5.74) is 0. The number of furan rings is 1. The average molecular weight is 221 g/mol. The van der Waals surface area contributed by atoms with Gasteiger partial charge in [-0.05, 0) is 23.6 Å². The fourth-order valence-corrected chi connectivity index (χ4v) is 2.10. The Kier molecular flexibility index (Phi) is 3.59. The molecule has 0 fully saturated rings. The molecule has 3 heteroatoms. The first kappa shape index (κ1) is 10.5. The van der Waals surface area contributed by atoms with E-state index in [4.69, 9.17) is 4.42 Å². The zero-order chi connectivity index (χ0) is 10.5. The first-order valence-corrected chi connectivity index (χ1v) is 6.07. The number of hydrogen-bond acceptors (Lipinski definition) is 3. The predicted molar refractivity (Wildman–Crippen MR) is 62.9 cm³/mol. The van der Waals surface area contributed by atoms with Crippen LogP contribution in [-0.4, -0.2) is 0 Å². The van der Waals surface area contributed by atoms with Crippen molar-refractivity contribution in [3.05, 3.63) is 46.0 Å². The topological polar surface area (TPSA) is 25.2 Å². The third-order valence-corrected chi connectivity index (χ3v) is 3.12. The molecule has 2 aromatic rings. The minimum absolute atomic E-state index is 0.803. The first-order valence-electron chi connectivity index (χ1n) is 5.19. The van der Waals surface area contributed by atoms with Gasteiger partial charge in [0.1, 0.15) is 11.5 Å². The van der Waals surface area contributed by atoms with Gasteiger partial charge in [0.05, 0.1) is 6.54 Å². The van der Waals surface area contributed by atoms with Crippen LogP contribution in [-0.2, 0) is 19.5 Å². The molecule has 0 bridgehead atoms. The van der Waals surface area contributed by atoms with E-state index in [1.54, 1.807) is 11.3 Å². The average Bonchev–Trinajstić information content (AvgIpc) is 2.88. The molecule has 0 saturated carbocycles. The van der Waals surface area contributed by atoms with Gasteiger partial charge in [0.2, 0.25) is 0 Å². The van der Waals surface area contributed by atoms with Crippen LogP contribution < -0.4 is 5.32 Å². The maximum Gasteiger partial charge on any atom is 0.117 e. The summed E-state index contributed by atoms with van der Waals surface area (Å²) >= 11 is 1.77. The Morgan fingerprint density at radius 2 is 2.07 bits per heavy atom. The van der Waals surface area contributed by atoms with Gasteiger partial charge in [0.15, 0.2) is 0 Å². The Morgan fingerprint density at radius 3 is 2.73 bits per heavy atom. The van der Waals surface area contributed by atoms with E-state index in [2.05, 4.69) is 29.8 Å². The van der Waals surface area contributed by atoms with Gasteiger partial charge in [-0.2, -0.15) is 0 Å². The molecule has 0 radical (unpaired) electrons. The summed E-state index contributed by atoms with van der Waals surface area (Å²) < 4.78 is 5.59. The molecule has 2 nitrogen and oxygen atoms in total. The Bertz CT molecular complexity index is 391. The van der Waals surface area contributed by atoms with Crippen LogP contribution in [0.15, 0.2) is 34.1 Å². The smallest absolute Gasteiger partial charge is 0.117 e. The van der Waals surface area contributed by atoms with E-state index in [1.807, 2.05) is 12.1 Å². The molecule has 0 aliphatic rings. The molecule has 2 heterocycles. The Balaban J connectivity index is 1.78. The molecule has 0 aromatic carbocycles. The molecule has 0 atom stereocenters. The van der Waals surface area contributed by atoms with Crippen LogP contribution in [0.4, 0.5) is 0 Å². The van der Waals surface area contributed by atoms with Crippen molar-refractivity contribution < 1.29 is 4.42 Å². The number of hydrogen-bond donors (Lipinski definition) is 1. The van der Waals surface area contributed by atoms with E-state index < -0.39 is 0 Å². The Morgan fingerprint density at radius 1 is 1.20 bits per heavy atom. The van der Waals surface area contributed by atoms with Crippen molar-refractivity contribution in [2.45, 2.75) is 26.4 Å². The van der Waals surface area contributed by atoms with Gasteiger partial charge in [-0.1, -0.05) is 13.0 Å². The maximum absolute atomic E-state index is 5.59. The van der Waals surface area contributed by atoms with Crippen LogP contribution in [0.25, 0.3) is 0 Å². The Labute approximate surface area is 93.9 Å². The third-order valence-electron chi connectivity index (χ3n) is 2.24.